The number of hydrogen-bond acceptors (Lipinski definition) is 15. The molecule has 0 N–H and O–H groups in total. The minimum absolute atomic E-state index is 0.438. The predicted molar refractivity (Wildman–Crippen MR) is 196 cm³/mol. The molecule has 0 aliphatic rings. The van der Waals surface area contributed by atoms with Gasteiger partial charge in [-0.1, -0.05) is 0 Å². The van der Waals surface area contributed by atoms with Crippen LogP contribution in [0.2, 0.25) is 0 Å². The summed E-state index contributed by atoms with van der Waals surface area (Å²) in [6.07, 6.45) is 0. The third kappa shape index (κ3) is 29.3. The molecule has 0 heterocycles. The summed E-state index contributed by atoms with van der Waals surface area (Å²) < 4.78 is 81.9. The first-order chi connectivity index (χ1) is 26.3. The van der Waals surface area contributed by atoms with Crippen molar-refractivity contribution in [1.82, 2.24) is 0 Å². The molecule has 0 bridgehead atoms. The van der Waals surface area contributed by atoms with Crippen LogP contribution in [0.15, 0.2) is 48.5 Å². The summed E-state index contributed by atoms with van der Waals surface area (Å²) in [6, 6.07) is 14.9. The standard InChI is InChI=1S/C38H62O15/c1-39-11-13-41-15-17-43-19-23-46-27-31-50-35-3-7-37(8-4-35)52-33-29-48-25-21-45-22-26-49-30-34-53-38-9-5-36(6-10-38)51-32-28-47-24-20-44-18-16-42-14-12-40-2/h3-10H,11-34H2,1-2H3. The number of hydrogen-bond donors (Lipinski definition) is 0. The first-order valence-corrected chi connectivity index (χ1v) is 18.2. The van der Waals surface area contributed by atoms with Gasteiger partial charge in [0.15, 0.2) is 0 Å². The zero-order valence-corrected chi connectivity index (χ0v) is 31.7. The smallest absolute Gasteiger partial charge is 0.119 e. The molecule has 2 aromatic carbocycles. The van der Waals surface area contributed by atoms with Crippen LogP contribution in [0.25, 0.3) is 0 Å². The molecule has 53 heavy (non-hydrogen) atoms. The van der Waals surface area contributed by atoms with Crippen LogP contribution in [0.3, 0.4) is 0 Å². The van der Waals surface area contributed by atoms with Crippen molar-refractivity contribution in [2.45, 2.75) is 0 Å². The van der Waals surface area contributed by atoms with Gasteiger partial charge in [-0.15, -0.1) is 0 Å². The minimum Gasteiger partial charge on any atom is -0.491 e. The molecule has 0 saturated heterocycles. The van der Waals surface area contributed by atoms with Crippen LogP contribution < -0.4 is 18.9 Å². The molecular formula is C38H62O15. The van der Waals surface area contributed by atoms with Crippen LogP contribution in [0.1, 0.15) is 0 Å². The zero-order valence-electron chi connectivity index (χ0n) is 31.7. The molecule has 0 saturated carbocycles. The molecule has 0 atom stereocenters. The molecule has 0 spiro atoms. The highest BCUT2D eigenvalue weighted by Gasteiger charge is 2.01. The van der Waals surface area contributed by atoms with Gasteiger partial charge >= 0.3 is 0 Å². The topological polar surface area (TPSA) is 138 Å². The van der Waals surface area contributed by atoms with E-state index < -0.39 is 0 Å². The van der Waals surface area contributed by atoms with Crippen molar-refractivity contribution in [3.05, 3.63) is 48.5 Å². The molecule has 304 valence electrons. The van der Waals surface area contributed by atoms with Crippen molar-refractivity contribution >= 4 is 0 Å². The average Bonchev–Trinajstić information content (AvgIpc) is 3.18. The number of benzene rings is 2. The second kappa shape index (κ2) is 36.2. The van der Waals surface area contributed by atoms with Crippen molar-refractivity contribution in [2.75, 3.05) is 173 Å². The Kier molecular flexibility index (Phi) is 31.7. The van der Waals surface area contributed by atoms with Crippen molar-refractivity contribution in [3.8, 4) is 23.0 Å². The zero-order chi connectivity index (χ0) is 37.5. The summed E-state index contributed by atoms with van der Waals surface area (Å²) in [7, 11) is 3.29. The maximum Gasteiger partial charge on any atom is 0.119 e. The Labute approximate surface area is 315 Å². The lowest BCUT2D eigenvalue weighted by atomic mass is 10.3. The van der Waals surface area contributed by atoms with Gasteiger partial charge in [0.1, 0.15) is 49.4 Å². The normalized spacial score (nSPS) is 11.2. The fraction of sp³-hybridized carbons (Fsp3) is 0.684. The Hall–Kier alpha value is -2.80. The fourth-order valence-corrected chi connectivity index (χ4v) is 4.05. The van der Waals surface area contributed by atoms with Crippen molar-refractivity contribution in [2.24, 2.45) is 0 Å². The van der Waals surface area contributed by atoms with Gasteiger partial charge in [-0.3, -0.25) is 0 Å². The third-order valence-electron chi connectivity index (χ3n) is 6.73. The van der Waals surface area contributed by atoms with Crippen molar-refractivity contribution in [3.63, 3.8) is 0 Å². The van der Waals surface area contributed by atoms with Gasteiger partial charge in [0.2, 0.25) is 0 Å². The molecule has 0 aliphatic heterocycles. The molecule has 0 aliphatic carbocycles. The molecular weight excluding hydrogens is 696 g/mol. The van der Waals surface area contributed by atoms with E-state index in [9.17, 15) is 0 Å². The number of methoxy groups -OCH3 is 2. The van der Waals surface area contributed by atoms with Crippen molar-refractivity contribution in [1.29, 1.82) is 0 Å². The first kappa shape index (κ1) is 46.4. The van der Waals surface area contributed by atoms with E-state index in [1.165, 1.54) is 0 Å². The van der Waals surface area contributed by atoms with Crippen molar-refractivity contribution < 1.29 is 71.1 Å². The van der Waals surface area contributed by atoms with Crippen LogP contribution in [-0.4, -0.2) is 173 Å². The summed E-state index contributed by atoms with van der Waals surface area (Å²) in [4.78, 5) is 0. The van der Waals surface area contributed by atoms with Gasteiger partial charge in [-0.25, -0.2) is 0 Å². The molecule has 2 rings (SSSR count). The second-order valence-electron chi connectivity index (χ2n) is 10.8. The molecule has 2 aromatic rings. The maximum absolute atomic E-state index is 5.72. The molecule has 0 unspecified atom stereocenters. The van der Waals surface area contributed by atoms with Crippen LogP contribution in [0.5, 0.6) is 23.0 Å². The van der Waals surface area contributed by atoms with E-state index in [1.807, 2.05) is 48.5 Å². The number of rotatable bonds is 40. The average molecular weight is 759 g/mol. The monoisotopic (exact) mass is 758 g/mol. The van der Waals surface area contributed by atoms with Gasteiger partial charge in [0.25, 0.3) is 0 Å². The summed E-state index contributed by atoms with van der Waals surface area (Å²) in [5.41, 5.74) is 0. The molecule has 0 radical (unpaired) electrons. The van der Waals surface area contributed by atoms with Gasteiger partial charge in [0, 0.05) is 14.2 Å². The van der Waals surface area contributed by atoms with E-state index in [0.717, 1.165) is 23.0 Å². The number of ether oxygens (including phenoxy) is 15. The quantitative estimate of drug-likeness (QED) is 0.0918. The molecule has 15 nitrogen and oxygen atoms in total. The Bertz CT molecular complexity index is 948. The summed E-state index contributed by atoms with van der Waals surface area (Å²) >= 11 is 0. The lowest BCUT2D eigenvalue weighted by Gasteiger charge is -2.10. The van der Waals surface area contributed by atoms with Crippen LogP contribution in [-0.2, 0) is 52.1 Å². The largest absolute Gasteiger partial charge is 0.491 e. The molecule has 0 fully saturated rings. The summed E-state index contributed by atoms with van der Waals surface area (Å²) in [5, 5.41) is 0. The molecule has 0 amide bonds. The maximum atomic E-state index is 5.72. The first-order valence-electron chi connectivity index (χ1n) is 18.2. The van der Waals surface area contributed by atoms with Crippen LogP contribution in [0.4, 0.5) is 0 Å². The SMILES string of the molecule is COCCOCCOCCOCCOc1ccc(OCCOCCOCCOCCOc2ccc(OCCOCCOCCOCCOC)cc2)cc1. The lowest BCUT2D eigenvalue weighted by molar-refractivity contribution is 0.000155. The van der Waals surface area contributed by atoms with Crippen LogP contribution >= 0.6 is 0 Å². The van der Waals surface area contributed by atoms with E-state index in [1.54, 1.807) is 14.2 Å². The minimum atomic E-state index is 0.438. The highest BCUT2D eigenvalue weighted by Crippen LogP contribution is 2.18. The summed E-state index contributed by atoms with van der Waals surface area (Å²) in [6.45, 7) is 12.1. The van der Waals surface area contributed by atoms with E-state index >= 15 is 0 Å². The van der Waals surface area contributed by atoms with E-state index in [2.05, 4.69) is 0 Å². The Morgan fingerprint density at radius 3 is 0.547 bits per heavy atom. The second-order valence-corrected chi connectivity index (χ2v) is 10.8. The predicted octanol–water partition coefficient (Wildman–Crippen LogP) is 3.34. The van der Waals surface area contributed by atoms with E-state index in [0.29, 0.717) is 159 Å². The van der Waals surface area contributed by atoms with E-state index in [-0.39, 0.29) is 0 Å². The molecule has 15 heteroatoms. The Balaban J connectivity index is 1.30. The molecule has 0 aromatic heterocycles. The van der Waals surface area contributed by atoms with Gasteiger partial charge in [-0.05, 0) is 48.5 Å². The third-order valence-corrected chi connectivity index (χ3v) is 6.73. The van der Waals surface area contributed by atoms with E-state index in [4.69, 9.17) is 71.1 Å². The van der Waals surface area contributed by atoms with Gasteiger partial charge < -0.3 is 71.1 Å². The summed E-state index contributed by atoms with van der Waals surface area (Å²) in [5.74, 6) is 2.99. The Morgan fingerprint density at radius 2 is 0.377 bits per heavy atom. The van der Waals surface area contributed by atoms with Crippen LogP contribution in [0, 0.1) is 0 Å². The fourth-order valence-electron chi connectivity index (χ4n) is 4.05. The van der Waals surface area contributed by atoms with Gasteiger partial charge in [0.05, 0.1) is 132 Å². The highest BCUT2D eigenvalue weighted by molar-refractivity contribution is 5.32. The van der Waals surface area contributed by atoms with Gasteiger partial charge in [-0.2, -0.15) is 0 Å². The Morgan fingerprint density at radius 1 is 0.226 bits per heavy atom. The lowest BCUT2D eigenvalue weighted by Crippen LogP contribution is -2.14. The highest BCUT2D eigenvalue weighted by atomic mass is 16.6.